The van der Waals surface area contributed by atoms with E-state index in [4.69, 9.17) is 5.11 Å². The molecule has 0 unspecified atom stereocenters. The van der Waals surface area contributed by atoms with E-state index in [2.05, 4.69) is 4.99 Å². The Morgan fingerprint density at radius 1 is 1.53 bits per heavy atom. The number of carbonyl (C=O) groups excluding carboxylic acids is 1. The zero-order chi connectivity index (χ0) is 11.4. The summed E-state index contributed by atoms with van der Waals surface area (Å²) in [5, 5.41) is 18.3. The molecule has 0 aromatic carbocycles. The van der Waals surface area contributed by atoms with Gasteiger partial charge in [-0.25, -0.2) is 0 Å². The molecule has 1 heterocycles. The topological polar surface area (TPSA) is 73.1 Å². The fraction of sp³-hybridized carbons (Fsp3) is 0.600. The predicted molar refractivity (Wildman–Crippen MR) is 57.0 cm³/mol. The van der Waals surface area contributed by atoms with Crippen LogP contribution in [0.25, 0.3) is 0 Å². The van der Waals surface area contributed by atoms with Gasteiger partial charge >= 0.3 is 0 Å². The van der Waals surface area contributed by atoms with E-state index in [0.717, 1.165) is 0 Å². The Kier molecular flexibility index (Phi) is 3.85. The summed E-state index contributed by atoms with van der Waals surface area (Å²) in [5.74, 6) is 0.265. The average molecular weight is 212 g/mol. The number of β-amino-alcohol motifs (C(OH)–C–C–N with tert-alkyl or cyclic N) is 1. The number of rotatable bonds is 4. The van der Waals surface area contributed by atoms with Crippen LogP contribution in [-0.4, -0.2) is 53.0 Å². The monoisotopic (exact) mass is 212 g/mol. The normalized spacial score (nSPS) is 17.5. The molecule has 5 nitrogen and oxygen atoms in total. The highest BCUT2D eigenvalue weighted by atomic mass is 16.3. The van der Waals surface area contributed by atoms with Gasteiger partial charge in [0, 0.05) is 13.1 Å². The van der Waals surface area contributed by atoms with Gasteiger partial charge in [-0.05, 0) is 13.8 Å². The number of aliphatic imine (C=N–C) groups is 1. The van der Waals surface area contributed by atoms with Crippen molar-refractivity contribution in [2.24, 2.45) is 4.99 Å². The summed E-state index contributed by atoms with van der Waals surface area (Å²) < 4.78 is 0. The number of nitrogens with zero attached hydrogens (tertiary/aromatic N) is 2. The Hall–Kier alpha value is -1.36. The van der Waals surface area contributed by atoms with Crippen LogP contribution in [0.5, 0.6) is 0 Å². The quantitative estimate of drug-likeness (QED) is 0.512. The molecule has 0 atom stereocenters. The first-order chi connectivity index (χ1) is 7.07. The maximum atomic E-state index is 11.3. The van der Waals surface area contributed by atoms with Crippen LogP contribution in [0, 0.1) is 0 Å². The molecule has 2 N–H and O–H groups in total. The first-order valence-electron chi connectivity index (χ1n) is 4.89. The van der Waals surface area contributed by atoms with Crippen LogP contribution in [0.4, 0.5) is 0 Å². The summed E-state index contributed by atoms with van der Waals surface area (Å²) in [5.41, 5.74) is 0.251. The lowest BCUT2D eigenvalue weighted by Gasteiger charge is -2.20. The third-order valence-electron chi connectivity index (χ3n) is 2.24. The van der Waals surface area contributed by atoms with Gasteiger partial charge in [0.05, 0.1) is 18.7 Å². The van der Waals surface area contributed by atoms with Gasteiger partial charge in [0.25, 0.3) is 0 Å². The van der Waals surface area contributed by atoms with Crippen molar-refractivity contribution in [2.45, 2.75) is 13.8 Å². The first-order valence-corrected chi connectivity index (χ1v) is 4.89. The van der Waals surface area contributed by atoms with E-state index >= 15 is 0 Å². The number of ketones is 1. The van der Waals surface area contributed by atoms with Crippen LogP contribution in [0.3, 0.4) is 0 Å². The maximum absolute atomic E-state index is 11.3. The molecule has 0 saturated heterocycles. The second-order valence-corrected chi connectivity index (χ2v) is 3.43. The largest absolute Gasteiger partial charge is 0.512 e. The molecule has 1 rings (SSSR count). The first kappa shape index (κ1) is 11.7. The van der Waals surface area contributed by atoms with E-state index in [-0.39, 0.29) is 23.7 Å². The highest BCUT2D eigenvalue weighted by Crippen LogP contribution is 2.13. The number of Topliss-reactive ketones (excluding diaryl/α,β-unsaturated/α-hetero) is 1. The van der Waals surface area contributed by atoms with Gasteiger partial charge in [-0.2, -0.15) is 0 Å². The zero-order valence-electron chi connectivity index (χ0n) is 9.03. The van der Waals surface area contributed by atoms with Gasteiger partial charge in [-0.15, -0.1) is 0 Å². The van der Waals surface area contributed by atoms with Crippen molar-refractivity contribution in [1.82, 2.24) is 4.90 Å². The molecule has 0 aliphatic carbocycles. The van der Waals surface area contributed by atoms with Crippen LogP contribution >= 0.6 is 0 Å². The van der Waals surface area contributed by atoms with Gasteiger partial charge < -0.3 is 15.1 Å². The number of hydrogen-bond donors (Lipinski definition) is 2. The average Bonchev–Trinajstić information content (AvgIpc) is 2.53. The lowest BCUT2D eigenvalue weighted by molar-refractivity contribution is -0.113. The van der Waals surface area contributed by atoms with Crippen molar-refractivity contribution in [3.8, 4) is 0 Å². The minimum absolute atomic E-state index is 0.00861. The van der Waals surface area contributed by atoms with E-state index in [1.807, 2.05) is 0 Å². The Morgan fingerprint density at radius 3 is 2.67 bits per heavy atom. The SMILES string of the molecule is CC(=O)/C(C1=NCCN1CCO)=C(\C)O. The molecule has 84 valence electrons. The molecule has 0 bridgehead atoms. The molecule has 0 saturated carbocycles. The molecular weight excluding hydrogens is 196 g/mol. The molecule has 0 fully saturated rings. The lowest BCUT2D eigenvalue weighted by atomic mass is 10.1. The fourth-order valence-corrected chi connectivity index (χ4v) is 1.63. The molecule has 0 radical (unpaired) electrons. The standard InChI is InChI=1S/C10H16N2O3/c1-7(14)9(8(2)15)10-11-3-4-12(10)5-6-13/h13-14H,3-6H2,1-2H3/b9-7-. The van der Waals surface area contributed by atoms with E-state index in [9.17, 15) is 9.90 Å². The molecule has 0 amide bonds. The van der Waals surface area contributed by atoms with E-state index < -0.39 is 0 Å². The molecule has 15 heavy (non-hydrogen) atoms. The van der Waals surface area contributed by atoms with Crippen LogP contribution < -0.4 is 0 Å². The highest BCUT2D eigenvalue weighted by molar-refractivity contribution is 6.21. The third kappa shape index (κ3) is 2.56. The van der Waals surface area contributed by atoms with Crippen molar-refractivity contribution in [2.75, 3.05) is 26.2 Å². The maximum Gasteiger partial charge on any atom is 0.166 e. The van der Waals surface area contributed by atoms with Crippen LogP contribution in [0.1, 0.15) is 13.8 Å². The second-order valence-electron chi connectivity index (χ2n) is 3.43. The van der Waals surface area contributed by atoms with Crippen molar-refractivity contribution in [1.29, 1.82) is 0 Å². The highest BCUT2D eigenvalue weighted by Gasteiger charge is 2.24. The molecule has 5 heteroatoms. The fourth-order valence-electron chi connectivity index (χ4n) is 1.63. The van der Waals surface area contributed by atoms with Crippen molar-refractivity contribution in [3.63, 3.8) is 0 Å². The third-order valence-corrected chi connectivity index (χ3v) is 2.24. The van der Waals surface area contributed by atoms with Gasteiger partial charge in [0.15, 0.2) is 5.78 Å². The minimum atomic E-state index is -0.210. The number of allylic oxidation sites excluding steroid dienone is 1. The van der Waals surface area contributed by atoms with Crippen molar-refractivity contribution < 1.29 is 15.0 Å². The Bertz CT molecular complexity index is 317. The molecule has 1 aliphatic rings. The Labute approximate surface area is 88.7 Å². The molecule has 0 spiro atoms. The summed E-state index contributed by atoms with van der Waals surface area (Å²) in [6.45, 7) is 4.58. The molecule has 0 aromatic heterocycles. The summed E-state index contributed by atoms with van der Waals surface area (Å²) in [7, 11) is 0. The summed E-state index contributed by atoms with van der Waals surface area (Å²) in [6.07, 6.45) is 0. The molecule has 1 aliphatic heterocycles. The number of hydrogen-bond acceptors (Lipinski definition) is 5. The van der Waals surface area contributed by atoms with E-state index in [1.54, 1.807) is 4.90 Å². The Balaban J connectivity index is 2.95. The van der Waals surface area contributed by atoms with Crippen molar-refractivity contribution >= 4 is 11.6 Å². The molecule has 0 aromatic rings. The van der Waals surface area contributed by atoms with Gasteiger partial charge in [-0.1, -0.05) is 0 Å². The second kappa shape index (κ2) is 4.93. The summed E-state index contributed by atoms with van der Waals surface area (Å²) >= 11 is 0. The van der Waals surface area contributed by atoms with Gasteiger partial charge in [0.1, 0.15) is 11.6 Å². The van der Waals surface area contributed by atoms with Crippen molar-refractivity contribution in [3.05, 3.63) is 11.3 Å². The number of amidine groups is 1. The summed E-state index contributed by atoms with van der Waals surface area (Å²) in [4.78, 5) is 17.3. The van der Waals surface area contributed by atoms with Crippen LogP contribution in [0.15, 0.2) is 16.3 Å². The van der Waals surface area contributed by atoms with E-state index in [1.165, 1.54) is 13.8 Å². The molecular formula is C10H16N2O3. The minimum Gasteiger partial charge on any atom is -0.512 e. The number of aliphatic hydroxyl groups excluding tert-OH is 2. The Morgan fingerprint density at radius 2 is 2.20 bits per heavy atom. The lowest BCUT2D eigenvalue weighted by Crippen LogP contribution is -2.33. The van der Waals surface area contributed by atoms with Gasteiger partial charge in [0.2, 0.25) is 0 Å². The number of carbonyl (C=O) groups is 1. The van der Waals surface area contributed by atoms with E-state index in [0.29, 0.717) is 25.5 Å². The number of aliphatic hydroxyl groups is 2. The predicted octanol–water partition coefficient (Wildman–Crippen LogP) is 0.114. The summed E-state index contributed by atoms with van der Waals surface area (Å²) in [6, 6.07) is 0. The smallest absolute Gasteiger partial charge is 0.166 e. The van der Waals surface area contributed by atoms with Crippen LogP contribution in [-0.2, 0) is 4.79 Å². The van der Waals surface area contributed by atoms with Gasteiger partial charge in [-0.3, -0.25) is 9.79 Å². The van der Waals surface area contributed by atoms with Crippen LogP contribution in [0.2, 0.25) is 0 Å². The zero-order valence-corrected chi connectivity index (χ0v) is 9.03.